The Morgan fingerprint density at radius 1 is 1.23 bits per heavy atom. The predicted octanol–water partition coefficient (Wildman–Crippen LogP) is 4.20. The Bertz CT molecular complexity index is 975. The summed E-state index contributed by atoms with van der Waals surface area (Å²) >= 11 is 0. The summed E-state index contributed by atoms with van der Waals surface area (Å²) in [6.07, 6.45) is 7.23. The summed E-state index contributed by atoms with van der Waals surface area (Å²) in [4.78, 5) is 10.3. The van der Waals surface area contributed by atoms with Crippen molar-refractivity contribution in [1.82, 2.24) is 25.5 Å². The van der Waals surface area contributed by atoms with Crippen molar-refractivity contribution in [3.05, 3.63) is 70.9 Å². The van der Waals surface area contributed by atoms with Crippen molar-refractivity contribution < 1.29 is 8.78 Å². The quantitative estimate of drug-likeness (QED) is 0.666. The van der Waals surface area contributed by atoms with Gasteiger partial charge in [-0.2, -0.15) is 0 Å². The number of rotatable bonds is 7. The van der Waals surface area contributed by atoms with E-state index in [4.69, 9.17) is 0 Å². The van der Waals surface area contributed by atoms with Crippen LogP contribution in [0.4, 0.5) is 8.78 Å². The number of benzene rings is 1. The SMILES string of the molecule is C\C=C(NCc1ccc2nccnc2c1F)/C(=C(F)\C=C(/C)CC)N1CCNCC1. The van der Waals surface area contributed by atoms with E-state index in [1.54, 1.807) is 18.2 Å². The molecule has 0 atom stereocenters. The van der Waals surface area contributed by atoms with E-state index in [9.17, 15) is 4.39 Å². The molecule has 0 amide bonds. The molecular weight excluding hydrogens is 384 g/mol. The summed E-state index contributed by atoms with van der Waals surface area (Å²) in [5, 5.41) is 6.54. The fraction of sp³-hybridized carbons (Fsp3) is 0.391. The van der Waals surface area contributed by atoms with Crippen LogP contribution in [0.25, 0.3) is 11.0 Å². The highest BCUT2D eigenvalue weighted by Gasteiger charge is 2.21. The van der Waals surface area contributed by atoms with Crippen LogP contribution in [0, 0.1) is 5.82 Å². The van der Waals surface area contributed by atoms with Gasteiger partial charge in [0.2, 0.25) is 0 Å². The molecule has 1 saturated heterocycles. The van der Waals surface area contributed by atoms with Gasteiger partial charge in [0.15, 0.2) is 5.82 Å². The van der Waals surface area contributed by atoms with Gasteiger partial charge in [-0.3, -0.25) is 4.98 Å². The van der Waals surface area contributed by atoms with Gasteiger partial charge in [0, 0.05) is 50.7 Å². The molecule has 0 unspecified atom stereocenters. The minimum absolute atomic E-state index is 0.220. The average Bonchev–Trinajstić information content (AvgIpc) is 2.78. The fourth-order valence-electron chi connectivity index (χ4n) is 3.42. The van der Waals surface area contributed by atoms with Gasteiger partial charge in [-0.1, -0.05) is 24.6 Å². The van der Waals surface area contributed by atoms with Gasteiger partial charge in [-0.15, -0.1) is 0 Å². The van der Waals surface area contributed by atoms with Gasteiger partial charge in [-0.05, 0) is 32.4 Å². The number of allylic oxidation sites excluding steroid dienone is 4. The number of nitrogens with zero attached hydrogens (tertiary/aromatic N) is 3. The van der Waals surface area contributed by atoms with Crippen molar-refractivity contribution >= 4 is 11.0 Å². The Labute approximate surface area is 176 Å². The fourth-order valence-corrected chi connectivity index (χ4v) is 3.42. The Morgan fingerprint density at radius 2 is 1.97 bits per heavy atom. The minimum atomic E-state index is -0.404. The highest BCUT2D eigenvalue weighted by molar-refractivity contribution is 5.75. The summed E-state index contributed by atoms with van der Waals surface area (Å²) < 4.78 is 30.2. The first-order valence-corrected chi connectivity index (χ1v) is 10.4. The standard InChI is InChI=1S/C23H29F2N5/c1-4-16(3)14-18(24)23(30-12-10-26-11-13-30)19(5-2)29-15-17-6-7-20-22(21(17)25)28-9-8-27-20/h5-9,14,26,29H,4,10-13,15H2,1-3H3/b16-14+,19-5+,23-18-. The maximum absolute atomic E-state index is 15.3. The van der Waals surface area contributed by atoms with Crippen molar-refractivity contribution in [2.24, 2.45) is 0 Å². The molecule has 1 aliphatic rings. The smallest absolute Gasteiger partial charge is 0.155 e. The van der Waals surface area contributed by atoms with Crippen LogP contribution in [0.1, 0.15) is 32.8 Å². The summed E-state index contributed by atoms with van der Waals surface area (Å²) in [6.45, 7) is 9.01. The maximum atomic E-state index is 15.3. The predicted molar refractivity (Wildman–Crippen MR) is 117 cm³/mol. The molecular formula is C23H29F2N5. The van der Waals surface area contributed by atoms with Crippen LogP contribution in [0.5, 0.6) is 0 Å². The molecule has 1 aliphatic heterocycles. The van der Waals surface area contributed by atoms with Gasteiger partial charge in [0.25, 0.3) is 0 Å². The first-order valence-electron chi connectivity index (χ1n) is 10.4. The van der Waals surface area contributed by atoms with Crippen molar-refractivity contribution in [2.75, 3.05) is 26.2 Å². The van der Waals surface area contributed by atoms with E-state index in [0.29, 0.717) is 35.6 Å². The van der Waals surface area contributed by atoms with Crippen molar-refractivity contribution in [3.63, 3.8) is 0 Å². The van der Waals surface area contributed by atoms with Gasteiger partial charge in [0.05, 0.1) is 16.9 Å². The molecule has 0 radical (unpaired) electrons. The third kappa shape index (κ3) is 5.02. The number of hydrogen-bond acceptors (Lipinski definition) is 5. The molecule has 3 rings (SSSR count). The van der Waals surface area contributed by atoms with Crippen LogP contribution in [-0.4, -0.2) is 41.0 Å². The molecule has 2 N–H and O–H groups in total. The van der Waals surface area contributed by atoms with Crippen LogP contribution in [0.15, 0.2) is 59.5 Å². The maximum Gasteiger partial charge on any atom is 0.155 e. The molecule has 160 valence electrons. The molecule has 1 aromatic carbocycles. The highest BCUT2D eigenvalue weighted by Crippen LogP contribution is 2.24. The van der Waals surface area contributed by atoms with E-state index >= 15 is 4.39 Å². The monoisotopic (exact) mass is 413 g/mol. The van der Waals surface area contributed by atoms with E-state index < -0.39 is 5.82 Å². The summed E-state index contributed by atoms with van der Waals surface area (Å²) in [5.41, 5.74) is 3.35. The van der Waals surface area contributed by atoms with Crippen LogP contribution in [0.3, 0.4) is 0 Å². The molecule has 7 heteroatoms. The summed E-state index contributed by atoms with van der Waals surface area (Å²) in [6, 6.07) is 3.44. The van der Waals surface area contributed by atoms with Crippen LogP contribution < -0.4 is 10.6 Å². The number of halogens is 2. The zero-order valence-corrected chi connectivity index (χ0v) is 17.8. The Morgan fingerprint density at radius 3 is 2.67 bits per heavy atom. The average molecular weight is 414 g/mol. The second kappa shape index (κ2) is 10.3. The van der Waals surface area contributed by atoms with Crippen LogP contribution in [-0.2, 0) is 6.54 Å². The van der Waals surface area contributed by atoms with Crippen molar-refractivity contribution in [2.45, 2.75) is 33.7 Å². The zero-order valence-electron chi connectivity index (χ0n) is 17.8. The second-order valence-electron chi connectivity index (χ2n) is 7.30. The highest BCUT2D eigenvalue weighted by atomic mass is 19.1. The van der Waals surface area contributed by atoms with Gasteiger partial charge in [0.1, 0.15) is 11.3 Å². The Kier molecular flexibility index (Phi) is 7.52. The summed E-state index contributed by atoms with van der Waals surface area (Å²) in [5.74, 6) is -0.680. The lowest BCUT2D eigenvalue weighted by Crippen LogP contribution is -2.44. The molecule has 1 aromatic heterocycles. The van der Waals surface area contributed by atoms with E-state index in [1.165, 1.54) is 12.4 Å². The van der Waals surface area contributed by atoms with Gasteiger partial charge < -0.3 is 15.5 Å². The number of hydrogen-bond donors (Lipinski definition) is 2. The second-order valence-corrected chi connectivity index (χ2v) is 7.30. The lowest BCUT2D eigenvalue weighted by Gasteiger charge is -2.33. The summed E-state index contributed by atoms with van der Waals surface area (Å²) in [7, 11) is 0. The van der Waals surface area contributed by atoms with E-state index in [0.717, 1.165) is 25.1 Å². The number of nitrogens with one attached hydrogen (secondary N) is 2. The molecule has 30 heavy (non-hydrogen) atoms. The van der Waals surface area contributed by atoms with E-state index in [1.807, 2.05) is 31.7 Å². The molecule has 1 fully saturated rings. The third-order valence-electron chi connectivity index (χ3n) is 5.26. The third-order valence-corrected chi connectivity index (χ3v) is 5.26. The van der Waals surface area contributed by atoms with E-state index in [-0.39, 0.29) is 17.9 Å². The molecule has 0 bridgehead atoms. The first-order chi connectivity index (χ1) is 14.5. The Hall–Kier alpha value is -2.80. The largest absolute Gasteiger partial charge is 0.379 e. The minimum Gasteiger partial charge on any atom is -0.379 e. The number of fused-ring (bicyclic) bond motifs is 1. The zero-order chi connectivity index (χ0) is 21.5. The topological polar surface area (TPSA) is 53.1 Å². The molecule has 0 saturated carbocycles. The first kappa shape index (κ1) is 21.9. The van der Waals surface area contributed by atoms with E-state index in [2.05, 4.69) is 20.6 Å². The van der Waals surface area contributed by atoms with Gasteiger partial charge >= 0.3 is 0 Å². The number of aromatic nitrogens is 2. The van der Waals surface area contributed by atoms with Crippen molar-refractivity contribution in [3.8, 4) is 0 Å². The molecule has 2 heterocycles. The number of piperazine rings is 1. The molecule has 0 aliphatic carbocycles. The molecule has 0 spiro atoms. The van der Waals surface area contributed by atoms with Crippen molar-refractivity contribution in [1.29, 1.82) is 0 Å². The Balaban J connectivity index is 1.89. The van der Waals surface area contributed by atoms with Crippen LogP contribution >= 0.6 is 0 Å². The van der Waals surface area contributed by atoms with Crippen LogP contribution in [0.2, 0.25) is 0 Å². The van der Waals surface area contributed by atoms with Gasteiger partial charge in [-0.25, -0.2) is 13.8 Å². The molecule has 2 aromatic rings. The lowest BCUT2D eigenvalue weighted by atomic mass is 10.1. The molecule has 5 nitrogen and oxygen atoms in total. The normalized spacial score (nSPS) is 16.6. The lowest BCUT2D eigenvalue weighted by molar-refractivity contribution is 0.292.